The van der Waals surface area contributed by atoms with Crippen LogP contribution in [0.2, 0.25) is 0 Å². The number of hydrogen-bond acceptors (Lipinski definition) is 4. The number of para-hydroxylation sites is 1. The number of nitro groups is 1. The SMILES string of the molecule is O=[N+]([O-])c1ccc2nc3c(nc2c1)[nH]c1ccccc13. The Kier molecular flexibility index (Phi) is 2.03. The lowest BCUT2D eigenvalue weighted by molar-refractivity contribution is -0.384. The van der Waals surface area contributed by atoms with Crippen LogP contribution >= 0.6 is 0 Å². The van der Waals surface area contributed by atoms with E-state index in [1.54, 1.807) is 6.07 Å². The second-order valence-electron chi connectivity index (χ2n) is 4.52. The van der Waals surface area contributed by atoms with Gasteiger partial charge in [-0.15, -0.1) is 0 Å². The molecule has 1 N–H and O–H groups in total. The van der Waals surface area contributed by atoms with Crippen molar-refractivity contribution in [2.45, 2.75) is 0 Å². The van der Waals surface area contributed by atoms with E-state index in [9.17, 15) is 10.1 Å². The topological polar surface area (TPSA) is 84.7 Å². The Morgan fingerprint density at radius 2 is 1.90 bits per heavy atom. The highest BCUT2D eigenvalue weighted by molar-refractivity contribution is 6.05. The van der Waals surface area contributed by atoms with Crippen LogP contribution in [0.3, 0.4) is 0 Å². The van der Waals surface area contributed by atoms with Gasteiger partial charge in [-0.1, -0.05) is 18.2 Å². The van der Waals surface area contributed by atoms with Gasteiger partial charge >= 0.3 is 0 Å². The van der Waals surface area contributed by atoms with Crippen molar-refractivity contribution in [2.75, 3.05) is 0 Å². The summed E-state index contributed by atoms with van der Waals surface area (Å²) >= 11 is 0. The minimum Gasteiger partial charge on any atom is -0.338 e. The van der Waals surface area contributed by atoms with E-state index < -0.39 is 4.92 Å². The highest BCUT2D eigenvalue weighted by atomic mass is 16.6. The molecule has 6 heteroatoms. The molecule has 0 atom stereocenters. The Morgan fingerprint density at radius 3 is 2.75 bits per heavy atom. The molecule has 0 radical (unpaired) electrons. The zero-order valence-corrected chi connectivity index (χ0v) is 10.2. The zero-order valence-electron chi connectivity index (χ0n) is 10.2. The van der Waals surface area contributed by atoms with Gasteiger partial charge in [-0.25, -0.2) is 9.97 Å². The number of nitrogens with zero attached hydrogens (tertiary/aromatic N) is 3. The Balaban J connectivity index is 2.12. The van der Waals surface area contributed by atoms with Gasteiger partial charge in [0.2, 0.25) is 0 Å². The average Bonchev–Trinajstić information content (AvgIpc) is 2.81. The van der Waals surface area contributed by atoms with Gasteiger partial charge in [-0.3, -0.25) is 10.1 Å². The van der Waals surface area contributed by atoms with Crippen LogP contribution < -0.4 is 0 Å². The first-order chi connectivity index (χ1) is 9.72. The molecule has 96 valence electrons. The fourth-order valence-electron chi connectivity index (χ4n) is 2.36. The third kappa shape index (κ3) is 1.45. The molecule has 2 aromatic heterocycles. The normalized spacial score (nSPS) is 11.4. The molecule has 4 aromatic rings. The molecule has 0 fully saturated rings. The summed E-state index contributed by atoms with van der Waals surface area (Å²) in [4.78, 5) is 22.5. The molecule has 0 saturated carbocycles. The highest BCUT2D eigenvalue weighted by Crippen LogP contribution is 2.25. The first-order valence-corrected chi connectivity index (χ1v) is 6.05. The van der Waals surface area contributed by atoms with Crippen molar-refractivity contribution in [3.63, 3.8) is 0 Å². The Bertz CT molecular complexity index is 990. The summed E-state index contributed by atoms with van der Waals surface area (Å²) in [7, 11) is 0. The van der Waals surface area contributed by atoms with Gasteiger partial charge in [0.05, 0.1) is 16.0 Å². The molecule has 0 spiro atoms. The molecule has 2 heterocycles. The molecular weight excluding hydrogens is 256 g/mol. The summed E-state index contributed by atoms with van der Waals surface area (Å²) in [6.07, 6.45) is 0. The third-order valence-corrected chi connectivity index (χ3v) is 3.29. The van der Waals surface area contributed by atoms with E-state index in [4.69, 9.17) is 0 Å². The van der Waals surface area contributed by atoms with Crippen LogP contribution in [-0.2, 0) is 0 Å². The van der Waals surface area contributed by atoms with Crippen molar-refractivity contribution in [1.82, 2.24) is 15.0 Å². The maximum atomic E-state index is 10.8. The summed E-state index contributed by atoms with van der Waals surface area (Å²) in [5.41, 5.74) is 3.54. The number of fused-ring (bicyclic) bond motifs is 4. The number of rotatable bonds is 1. The number of aromatic nitrogens is 3. The van der Waals surface area contributed by atoms with Crippen molar-refractivity contribution in [3.8, 4) is 0 Å². The maximum absolute atomic E-state index is 10.8. The average molecular weight is 264 g/mol. The predicted molar refractivity (Wildman–Crippen MR) is 75.6 cm³/mol. The van der Waals surface area contributed by atoms with Gasteiger partial charge in [-0.05, 0) is 12.1 Å². The maximum Gasteiger partial charge on any atom is 0.271 e. The van der Waals surface area contributed by atoms with Gasteiger partial charge in [0.15, 0.2) is 5.65 Å². The molecule has 0 aliphatic heterocycles. The Hall–Kier alpha value is -3.02. The molecule has 0 unspecified atom stereocenters. The minimum atomic E-state index is -0.434. The number of nitrogens with one attached hydrogen (secondary N) is 1. The second-order valence-corrected chi connectivity index (χ2v) is 4.52. The van der Waals surface area contributed by atoms with Crippen molar-refractivity contribution in [1.29, 1.82) is 0 Å². The van der Waals surface area contributed by atoms with E-state index in [1.165, 1.54) is 12.1 Å². The smallest absolute Gasteiger partial charge is 0.271 e. The van der Waals surface area contributed by atoms with Gasteiger partial charge in [0.25, 0.3) is 5.69 Å². The van der Waals surface area contributed by atoms with E-state index in [-0.39, 0.29) is 5.69 Å². The molecule has 0 bridgehead atoms. The predicted octanol–water partition coefficient (Wildman–Crippen LogP) is 3.17. The molecule has 20 heavy (non-hydrogen) atoms. The highest BCUT2D eigenvalue weighted by Gasteiger charge is 2.11. The Labute approximate surface area is 112 Å². The molecule has 2 aromatic carbocycles. The van der Waals surface area contributed by atoms with Gasteiger partial charge in [-0.2, -0.15) is 0 Å². The zero-order chi connectivity index (χ0) is 13.7. The van der Waals surface area contributed by atoms with Crippen LogP contribution in [-0.4, -0.2) is 19.9 Å². The molecule has 0 amide bonds. The van der Waals surface area contributed by atoms with Crippen molar-refractivity contribution in [2.24, 2.45) is 0 Å². The van der Waals surface area contributed by atoms with Crippen molar-refractivity contribution >= 4 is 38.8 Å². The lowest BCUT2D eigenvalue weighted by Crippen LogP contribution is -1.90. The second kappa shape index (κ2) is 3.74. The van der Waals surface area contributed by atoms with Gasteiger partial charge in [0, 0.05) is 23.0 Å². The lowest BCUT2D eigenvalue weighted by atomic mass is 10.2. The number of hydrogen-bond donors (Lipinski definition) is 1. The molecule has 0 aliphatic carbocycles. The molecule has 0 aliphatic rings. The minimum absolute atomic E-state index is 0.0160. The van der Waals surface area contributed by atoms with E-state index in [0.29, 0.717) is 16.7 Å². The fourth-order valence-corrected chi connectivity index (χ4v) is 2.36. The molecule has 6 nitrogen and oxygen atoms in total. The summed E-state index contributed by atoms with van der Waals surface area (Å²) in [5, 5.41) is 11.8. The lowest BCUT2D eigenvalue weighted by Gasteiger charge is -1.97. The molecule has 0 saturated heterocycles. The number of benzene rings is 2. The standard InChI is InChI=1S/C14H8N4O2/c19-18(20)8-5-6-11-12(7-8)17-14-13(15-11)9-3-1-2-4-10(9)16-14/h1-7H,(H,16,17). The van der Waals surface area contributed by atoms with Gasteiger partial charge in [0.1, 0.15) is 5.52 Å². The van der Waals surface area contributed by atoms with Crippen molar-refractivity contribution in [3.05, 3.63) is 52.6 Å². The number of nitro benzene ring substituents is 1. The van der Waals surface area contributed by atoms with E-state index in [1.807, 2.05) is 24.3 Å². The number of H-pyrrole nitrogens is 1. The third-order valence-electron chi connectivity index (χ3n) is 3.29. The summed E-state index contributed by atoms with van der Waals surface area (Å²) in [6, 6.07) is 12.3. The summed E-state index contributed by atoms with van der Waals surface area (Å²) in [5.74, 6) is 0. The number of aromatic amines is 1. The van der Waals surface area contributed by atoms with Crippen molar-refractivity contribution < 1.29 is 4.92 Å². The first kappa shape index (κ1) is 10.9. The van der Waals surface area contributed by atoms with Crippen LogP contribution in [0.5, 0.6) is 0 Å². The Morgan fingerprint density at radius 1 is 1.05 bits per heavy atom. The molecular formula is C14H8N4O2. The summed E-state index contributed by atoms with van der Waals surface area (Å²) < 4.78 is 0. The largest absolute Gasteiger partial charge is 0.338 e. The van der Waals surface area contributed by atoms with E-state index in [2.05, 4.69) is 15.0 Å². The van der Waals surface area contributed by atoms with E-state index in [0.717, 1.165) is 16.4 Å². The fraction of sp³-hybridized carbons (Fsp3) is 0. The van der Waals surface area contributed by atoms with Crippen LogP contribution in [0, 0.1) is 10.1 Å². The van der Waals surface area contributed by atoms with Gasteiger partial charge < -0.3 is 4.98 Å². The first-order valence-electron chi connectivity index (χ1n) is 6.05. The summed E-state index contributed by atoms with van der Waals surface area (Å²) in [6.45, 7) is 0. The molecule has 4 rings (SSSR count). The van der Waals surface area contributed by atoms with Crippen LogP contribution in [0.15, 0.2) is 42.5 Å². The van der Waals surface area contributed by atoms with Crippen LogP contribution in [0.1, 0.15) is 0 Å². The monoisotopic (exact) mass is 264 g/mol. The van der Waals surface area contributed by atoms with E-state index >= 15 is 0 Å². The van der Waals surface area contributed by atoms with Crippen LogP contribution in [0.25, 0.3) is 33.1 Å². The number of non-ortho nitro benzene ring substituents is 1. The quantitative estimate of drug-likeness (QED) is 0.422. The van der Waals surface area contributed by atoms with Crippen LogP contribution in [0.4, 0.5) is 5.69 Å².